The molecule has 0 radical (unpaired) electrons. The summed E-state index contributed by atoms with van der Waals surface area (Å²) in [7, 11) is 2.17. The average molecular weight is 267 g/mol. The summed E-state index contributed by atoms with van der Waals surface area (Å²) in [5, 5.41) is 0. The molecule has 0 bridgehead atoms. The minimum absolute atomic E-state index is 0.871. The molecule has 0 amide bonds. The predicted molar refractivity (Wildman–Crippen MR) is 86.0 cm³/mol. The van der Waals surface area contributed by atoms with Gasteiger partial charge in [-0.25, -0.2) is 0 Å². The lowest BCUT2D eigenvalue weighted by Gasteiger charge is -2.34. The van der Waals surface area contributed by atoms with Gasteiger partial charge in [-0.2, -0.15) is 0 Å². The van der Waals surface area contributed by atoms with Gasteiger partial charge in [0, 0.05) is 26.2 Å². The van der Waals surface area contributed by atoms with E-state index >= 15 is 0 Å². The number of piperazine rings is 1. The molecule has 3 nitrogen and oxygen atoms in total. The predicted octanol–water partition coefficient (Wildman–Crippen LogP) is 2.69. The van der Waals surface area contributed by atoms with E-state index in [1.54, 1.807) is 0 Å². The average Bonchev–Trinajstić information content (AvgIpc) is 2.49. The van der Waals surface area contributed by atoms with Crippen molar-refractivity contribution in [2.24, 2.45) is 0 Å². The van der Waals surface area contributed by atoms with Crippen LogP contribution in [0.1, 0.15) is 0 Å². The molecule has 0 aliphatic carbocycles. The summed E-state index contributed by atoms with van der Waals surface area (Å²) in [6, 6.07) is 16.8. The second-order valence-electron chi connectivity index (χ2n) is 5.43. The Bertz CT molecular complexity index is 572. The molecule has 1 fully saturated rings. The van der Waals surface area contributed by atoms with Crippen molar-refractivity contribution in [1.82, 2.24) is 4.90 Å². The molecule has 1 saturated heterocycles. The van der Waals surface area contributed by atoms with Crippen LogP contribution in [0.3, 0.4) is 0 Å². The van der Waals surface area contributed by atoms with E-state index in [2.05, 4.69) is 59.3 Å². The molecule has 0 aromatic heterocycles. The molecule has 1 aliphatic rings. The maximum Gasteiger partial charge on any atom is 0.0601 e. The maximum atomic E-state index is 6.27. The van der Waals surface area contributed by atoms with E-state index in [1.165, 1.54) is 11.1 Å². The fourth-order valence-electron chi connectivity index (χ4n) is 2.70. The molecule has 0 saturated carbocycles. The van der Waals surface area contributed by atoms with Crippen molar-refractivity contribution in [1.29, 1.82) is 0 Å². The van der Waals surface area contributed by atoms with Gasteiger partial charge in [0.15, 0.2) is 0 Å². The highest BCUT2D eigenvalue weighted by Crippen LogP contribution is 2.29. The number of nitrogen functional groups attached to an aromatic ring is 1. The minimum atomic E-state index is 0.871. The Hall–Kier alpha value is -2.00. The van der Waals surface area contributed by atoms with Crippen molar-refractivity contribution in [2.75, 3.05) is 43.9 Å². The van der Waals surface area contributed by atoms with Gasteiger partial charge >= 0.3 is 0 Å². The fraction of sp³-hybridized carbons (Fsp3) is 0.294. The van der Waals surface area contributed by atoms with Crippen LogP contribution in [-0.2, 0) is 0 Å². The molecule has 1 aliphatic heterocycles. The van der Waals surface area contributed by atoms with Crippen LogP contribution >= 0.6 is 0 Å². The van der Waals surface area contributed by atoms with Gasteiger partial charge in [-0.05, 0) is 30.3 Å². The maximum absolute atomic E-state index is 6.27. The van der Waals surface area contributed by atoms with Crippen LogP contribution in [0.4, 0.5) is 11.4 Å². The summed E-state index contributed by atoms with van der Waals surface area (Å²) in [6.07, 6.45) is 0. The van der Waals surface area contributed by atoms with Crippen molar-refractivity contribution < 1.29 is 0 Å². The highest BCUT2D eigenvalue weighted by atomic mass is 15.2. The fourth-order valence-corrected chi connectivity index (χ4v) is 2.70. The summed E-state index contributed by atoms with van der Waals surface area (Å²) in [5.74, 6) is 0. The van der Waals surface area contributed by atoms with Crippen LogP contribution in [0.2, 0.25) is 0 Å². The van der Waals surface area contributed by atoms with Crippen LogP contribution in [0.5, 0.6) is 0 Å². The Morgan fingerprint density at radius 1 is 0.850 bits per heavy atom. The zero-order valence-corrected chi connectivity index (χ0v) is 11.9. The summed E-state index contributed by atoms with van der Waals surface area (Å²) >= 11 is 0. The number of anilines is 2. The van der Waals surface area contributed by atoms with Crippen LogP contribution in [0, 0.1) is 0 Å². The van der Waals surface area contributed by atoms with Crippen molar-refractivity contribution >= 4 is 11.4 Å². The molecule has 104 valence electrons. The van der Waals surface area contributed by atoms with Gasteiger partial charge in [-0.1, -0.05) is 36.4 Å². The Kier molecular flexibility index (Phi) is 3.61. The molecule has 0 atom stereocenters. The van der Waals surface area contributed by atoms with Crippen molar-refractivity contribution in [3.8, 4) is 11.1 Å². The van der Waals surface area contributed by atoms with Gasteiger partial charge in [0.25, 0.3) is 0 Å². The summed E-state index contributed by atoms with van der Waals surface area (Å²) < 4.78 is 0. The Morgan fingerprint density at radius 2 is 1.55 bits per heavy atom. The number of hydrogen-bond acceptors (Lipinski definition) is 3. The summed E-state index contributed by atoms with van der Waals surface area (Å²) in [4.78, 5) is 4.73. The minimum Gasteiger partial charge on any atom is -0.397 e. The Morgan fingerprint density at radius 3 is 2.20 bits per heavy atom. The Labute approximate surface area is 120 Å². The number of hydrogen-bond donors (Lipinski definition) is 1. The molecular weight excluding hydrogens is 246 g/mol. The van der Waals surface area contributed by atoms with Crippen LogP contribution in [0.15, 0.2) is 48.5 Å². The largest absolute Gasteiger partial charge is 0.397 e. The molecule has 2 N–H and O–H groups in total. The molecule has 0 spiro atoms. The van der Waals surface area contributed by atoms with Gasteiger partial charge in [0.1, 0.15) is 0 Å². The lowest BCUT2D eigenvalue weighted by Crippen LogP contribution is -2.44. The molecule has 0 unspecified atom stereocenters. The standard InChI is InChI=1S/C17H21N3/c1-19-9-11-20(12-10-19)17-8-7-15(13-16(17)18)14-5-3-2-4-6-14/h2-8,13H,9-12,18H2,1H3. The second kappa shape index (κ2) is 5.55. The Balaban J connectivity index is 1.85. The molecule has 20 heavy (non-hydrogen) atoms. The number of likely N-dealkylation sites (N-methyl/N-ethyl adjacent to an activating group) is 1. The number of nitrogens with two attached hydrogens (primary N) is 1. The van der Waals surface area contributed by atoms with E-state index in [-0.39, 0.29) is 0 Å². The normalized spacial score (nSPS) is 16.4. The third-order valence-corrected chi connectivity index (χ3v) is 3.98. The van der Waals surface area contributed by atoms with E-state index in [4.69, 9.17) is 5.73 Å². The first-order valence-electron chi connectivity index (χ1n) is 7.12. The van der Waals surface area contributed by atoms with Crippen molar-refractivity contribution in [2.45, 2.75) is 0 Å². The number of benzene rings is 2. The van der Waals surface area contributed by atoms with E-state index < -0.39 is 0 Å². The number of rotatable bonds is 2. The summed E-state index contributed by atoms with van der Waals surface area (Å²) in [5.41, 5.74) is 10.7. The molecule has 2 aromatic carbocycles. The molecule has 1 heterocycles. The van der Waals surface area contributed by atoms with E-state index in [0.717, 1.165) is 37.6 Å². The van der Waals surface area contributed by atoms with Gasteiger partial charge in [-0.3, -0.25) is 0 Å². The zero-order valence-electron chi connectivity index (χ0n) is 11.9. The smallest absolute Gasteiger partial charge is 0.0601 e. The van der Waals surface area contributed by atoms with Crippen LogP contribution in [0.25, 0.3) is 11.1 Å². The first-order valence-corrected chi connectivity index (χ1v) is 7.12. The SMILES string of the molecule is CN1CCN(c2ccc(-c3ccccc3)cc2N)CC1. The summed E-state index contributed by atoms with van der Waals surface area (Å²) in [6.45, 7) is 4.29. The lowest BCUT2D eigenvalue weighted by molar-refractivity contribution is 0.313. The second-order valence-corrected chi connectivity index (χ2v) is 5.43. The third kappa shape index (κ3) is 2.63. The van der Waals surface area contributed by atoms with Gasteiger partial charge in [-0.15, -0.1) is 0 Å². The topological polar surface area (TPSA) is 32.5 Å². The molecule has 3 heteroatoms. The molecular formula is C17H21N3. The van der Waals surface area contributed by atoms with Crippen LogP contribution in [-0.4, -0.2) is 38.1 Å². The quantitative estimate of drug-likeness (QED) is 0.849. The van der Waals surface area contributed by atoms with Crippen LogP contribution < -0.4 is 10.6 Å². The number of nitrogens with zero attached hydrogens (tertiary/aromatic N) is 2. The van der Waals surface area contributed by atoms with Gasteiger partial charge in [0.05, 0.1) is 11.4 Å². The van der Waals surface area contributed by atoms with Gasteiger partial charge in [0.2, 0.25) is 0 Å². The van der Waals surface area contributed by atoms with E-state index in [0.29, 0.717) is 0 Å². The first-order chi connectivity index (χ1) is 9.74. The lowest BCUT2D eigenvalue weighted by atomic mass is 10.0. The third-order valence-electron chi connectivity index (χ3n) is 3.98. The van der Waals surface area contributed by atoms with Crippen molar-refractivity contribution in [3.05, 3.63) is 48.5 Å². The molecule has 2 aromatic rings. The highest BCUT2D eigenvalue weighted by Gasteiger charge is 2.16. The molecule has 3 rings (SSSR count). The zero-order chi connectivity index (χ0) is 13.9. The first kappa shape index (κ1) is 13.0. The monoisotopic (exact) mass is 267 g/mol. The van der Waals surface area contributed by atoms with Crippen molar-refractivity contribution in [3.63, 3.8) is 0 Å². The van der Waals surface area contributed by atoms with E-state index in [1.807, 2.05) is 6.07 Å². The van der Waals surface area contributed by atoms with E-state index in [9.17, 15) is 0 Å². The highest BCUT2D eigenvalue weighted by molar-refractivity contribution is 5.76. The van der Waals surface area contributed by atoms with Gasteiger partial charge < -0.3 is 15.5 Å².